The lowest BCUT2D eigenvalue weighted by atomic mass is 9.44. The number of carbonyl (C=O) groups excluding carboxylic acids is 1. The molecule has 0 bridgehead atoms. The number of amides is 1. The number of nitrogens with one attached hydrogen (secondary N) is 1. The van der Waals surface area contributed by atoms with Gasteiger partial charge in [0.1, 0.15) is 12.2 Å². The molecular weight excluding hydrogens is 580 g/mol. The van der Waals surface area contributed by atoms with Crippen LogP contribution in [-0.4, -0.2) is 31.6 Å². The predicted molar refractivity (Wildman–Crippen MR) is 172 cm³/mol. The van der Waals surface area contributed by atoms with Gasteiger partial charge in [-0.1, -0.05) is 58.4 Å². The monoisotopic (exact) mass is 638 g/mol. The van der Waals surface area contributed by atoms with Crippen molar-refractivity contribution in [2.75, 3.05) is 19.6 Å². The highest BCUT2D eigenvalue weighted by molar-refractivity contribution is 5.76. The van der Waals surface area contributed by atoms with Crippen LogP contribution in [0, 0.1) is 46.3 Å². The number of benzene rings is 1. The molecular formula is C38H59BrN2O. The Kier molecular flexibility index (Phi) is 10.0. The number of quaternary nitrogens is 1. The van der Waals surface area contributed by atoms with E-state index in [2.05, 4.69) is 69.1 Å². The Morgan fingerprint density at radius 3 is 2.43 bits per heavy atom. The quantitative estimate of drug-likeness (QED) is 0.278. The summed E-state index contributed by atoms with van der Waals surface area (Å²) in [6.45, 7) is 15.0. The summed E-state index contributed by atoms with van der Waals surface area (Å²) < 4.78 is 0.969. The van der Waals surface area contributed by atoms with Crippen molar-refractivity contribution < 1.29 is 21.8 Å². The Morgan fingerprint density at radius 2 is 1.69 bits per heavy atom. The molecule has 1 unspecified atom stereocenters. The standard InChI is InChI=1S/C38H58N2O.BrH/c1-5-25-40(31-12-7-6-8-13-31)26-21-30(22-27-40)39-36(41)19-14-28(2)33-17-18-34-32-16-15-29-11-9-10-23-37(29,3)35(32)20-24-38(33,34)4;/h5-8,12-13,28-30,32-35H,1,9-11,14-27H2,2-4H3;1H/t28-,29?,30?,32+,33-,34+,35+,37+,38-,40?;/m1./s1. The van der Waals surface area contributed by atoms with E-state index >= 15 is 0 Å². The van der Waals surface area contributed by atoms with Crippen LogP contribution in [-0.2, 0) is 4.79 Å². The minimum atomic E-state index is 0. The van der Waals surface area contributed by atoms with Gasteiger partial charge in [-0.15, -0.1) is 0 Å². The Labute approximate surface area is 268 Å². The Bertz CT molecular complexity index is 1070. The van der Waals surface area contributed by atoms with Crippen molar-refractivity contribution in [3.05, 3.63) is 43.0 Å². The second-order valence-corrected chi connectivity index (χ2v) is 15.9. The highest BCUT2D eigenvalue weighted by Gasteiger charge is 2.60. The molecule has 0 spiro atoms. The van der Waals surface area contributed by atoms with Gasteiger partial charge in [0.2, 0.25) is 5.91 Å². The van der Waals surface area contributed by atoms with Crippen molar-refractivity contribution in [3.8, 4) is 0 Å². The number of halogens is 1. The van der Waals surface area contributed by atoms with Crippen molar-refractivity contribution in [1.29, 1.82) is 0 Å². The van der Waals surface area contributed by atoms with Gasteiger partial charge >= 0.3 is 0 Å². The number of likely N-dealkylation sites (tertiary alicyclic amines) is 1. The predicted octanol–water partition coefficient (Wildman–Crippen LogP) is 5.93. The van der Waals surface area contributed by atoms with E-state index in [1.807, 2.05) is 0 Å². The van der Waals surface area contributed by atoms with Gasteiger partial charge in [-0.3, -0.25) is 9.28 Å². The van der Waals surface area contributed by atoms with Gasteiger partial charge in [0, 0.05) is 25.3 Å². The molecule has 3 nitrogen and oxygen atoms in total. The lowest BCUT2D eigenvalue weighted by molar-refractivity contribution is -0.123. The van der Waals surface area contributed by atoms with Gasteiger partial charge in [-0.25, -0.2) is 0 Å². The Morgan fingerprint density at radius 1 is 0.952 bits per heavy atom. The second kappa shape index (κ2) is 13.1. The molecule has 1 aromatic carbocycles. The molecule has 234 valence electrons. The molecule has 6 rings (SSSR count). The van der Waals surface area contributed by atoms with Crippen LogP contribution < -0.4 is 26.8 Å². The summed E-state index contributed by atoms with van der Waals surface area (Å²) in [6.07, 6.45) is 20.7. The summed E-state index contributed by atoms with van der Waals surface area (Å²) in [4.78, 5) is 13.2. The third-order valence-electron chi connectivity index (χ3n) is 14.1. The first-order valence-electron chi connectivity index (χ1n) is 17.6. The Balaban J connectivity index is 0.00000353. The molecule has 4 heteroatoms. The maximum absolute atomic E-state index is 13.2. The molecule has 1 amide bonds. The van der Waals surface area contributed by atoms with Crippen LogP contribution in [0.4, 0.5) is 5.69 Å². The van der Waals surface area contributed by atoms with E-state index in [0.29, 0.717) is 29.2 Å². The van der Waals surface area contributed by atoms with Crippen LogP contribution in [0.1, 0.15) is 111 Å². The van der Waals surface area contributed by atoms with Gasteiger partial charge in [0.25, 0.3) is 0 Å². The van der Waals surface area contributed by atoms with Crippen LogP contribution in [0.15, 0.2) is 43.0 Å². The fraction of sp³-hybridized carbons (Fsp3) is 0.763. The average Bonchev–Trinajstić information content (AvgIpc) is 3.34. The lowest BCUT2D eigenvalue weighted by Gasteiger charge is -2.61. The number of nitrogens with zero attached hydrogens (tertiary/aromatic N) is 1. The molecule has 4 saturated carbocycles. The topological polar surface area (TPSA) is 29.1 Å². The van der Waals surface area contributed by atoms with E-state index in [4.69, 9.17) is 0 Å². The highest BCUT2D eigenvalue weighted by atomic mass is 79.9. The van der Waals surface area contributed by atoms with Gasteiger partial charge in [0.05, 0.1) is 13.1 Å². The van der Waals surface area contributed by atoms with Crippen LogP contribution in [0.5, 0.6) is 0 Å². The first-order chi connectivity index (χ1) is 19.8. The van der Waals surface area contributed by atoms with Gasteiger partial charge in [0.15, 0.2) is 0 Å². The van der Waals surface area contributed by atoms with Gasteiger partial charge in [-0.05, 0) is 122 Å². The molecule has 42 heavy (non-hydrogen) atoms. The van der Waals surface area contributed by atoms with Gasteiger partial charge < -0.3 is 22.3 Å². The zero-order valence-corrected chi connectivity index (χ0v) is 28.6. The van der Waals surface area contributed by atoms with Crippen LogP contribution in [0.2, 0.25) is 0 Å². The number of hydrogen-bond acceptors (Lipinski definition) is 1. The molecule has 5 aliphatic rings. The average molecular weight is 640 g/mol. The normalized spacial score (nSPS) is 41.8. The van der Waals surface area contributed by atoms with E-state index in [0.717, 1.165) is 73.0 Å². The summed E-state index contributed by atoms with van der Waals surface area (Å²) >= 11 is 0. The molecule has 4 aliphatic carbocycles. The zero-order valence-electron chi connectivity index (χ0n) is 27.0. The number of rotatable bonds is 8. The van der Waals surface area contributed by atoms with Crippen LogP contribution in [0.25, 0.3) is 0 Å². The van der Waals surface area contributed by atoms with E-state index in [1.165, 1.54) is 69.9 Å². The number of carbonyl (C=O) groups is 1. The highest BCUT2D eigenvalue weighted by Crippen LogP contribution is 2.68. The third-order valence-corrected chi connectivity index (χ3v) is 14.1. The first kappa shape index (κ1) is 32.3. The van der Waals surface area contributed by atoms with E-state index in [9.17, 15) is 4.79 Å². The van der Waals surface area contributed by atoms with Crippen molar-refractivity contribution >= 4 is 11.6 Å². The SMILES string of the molecule is C=CC[N+]1(c2ccccc2)CCC(NC(=O)CC[C@@H](C)[C@H]2CC[C@H]3[C@@H]4CCC5CCCC[C@]5(C)[C@H]4CC[C@]23C)CC1.[Br-]. The zero-order chi connectivity index (χ0) is 28.7. The Hall–Kier alpha value is -1.13. The minimum Gasteiger partial charge on any atom is -1.00 e. The van der Waals surface area contributed by atoms with E-state index < -0.39 is 0 Å². The smallest absolute Gasteiger partial charge is 0.220 e. The van der Waals surface area contributed by atoms with E-state index in [-0.39, 0.29) is 22.9 Å². The molecule has 8 atom stereocenters. The van der Waals surface area contributed by atoms with Crippen LogP contribution >= 0.6 is 0 Å². The molecule has 0 radical (unpaired) electrons. The molecule has 5 fully saturated rings. The van der Waals surface area contributed by atoms with Gasteiger partial charge in [-0.2, -0.15) is 0 Å². The first-order valence-corrected chi connectivity index (χ1v) is 17.6. The molecule has 1 saturated heterocycles. The maximum Gasteiger partial charge on any atom is 0.220 e. The van der Waals surface area contributed by atoms with Crippen molar-refractivity contribution in [2.24, 2.45) is 46.3 Å². The van der Waals surface area contributed by atoms with Crippen LogP contribution in [0.3, 0.4) is 0 Å². The summed E-state index contributed by atoms with van der Waals surface area (Å²) in [5.74, 6) is 5.64. The molecule has 0 aromatic heterocycles. The number of fused-ring (bicyclic) bond motifs is 5. The fourth-order valence-corrected chi connectivity index (χ4v) is 11.9. The molecule has 1 aliphatic heterocycles. The van der Waals surface area contributed by atoms with Crippen molar-refractivity contribution in [1.82, 2.24) is 9.80 Å². The minimum absolute atomic E-state index is 0. The number of para-hydroxylation sites is 1. The third kappa shape index (κ3) is 5.82. The number of piperidine rings is 1. The molecule has 1 aromatic rings. The maximum atomic E-state index is 13.2. The summed E-state index contributed by atoms with van der Waals surface area (Å²) in [5.41, 5.74) is 2.51. The number of hydrogen-bond donors (Lipinski definition) is 1. The fourth-order valence-electron chi connectivity index (χ4n) is 11.9. The summed E-state index contributed by atoms with van der Waals surface area (Å²) in [7, 11) is 0. The summed E-state index contributed by atoms with van der Waals surface area (Å²) in [6, 6.07) is 11.2. The largest absolute Gasteiger partial charge is 1.00 e. The van der Waals surface area contributed by atoms with E-state index in [1.54, 1.807) is 0 Å². The molecule has 1 heterocycles. The molecule has 1 N–H and O–H groups in total. The van der Waals surface area contributed by atoms with Crippen molar-refractivity contribution in [2.45, 2.75) is 117 Å². The lowest BCUT2D eigenvalue weighted by Crippen LogP contribution is -3.00. The van der Waals surface area contributed by atoms with Crippen molar-refractivity contribution in [3.63, 3.8) is 0 Å². The summed E-state index contributed by atoms with van der Waals surface area (Å²) in [5, 5.41) is 3.45. The second-order valence-electron chi connectivity index (χ2n) is 15.9.